The van der Waals surface area contributed by atoms with Crippen molar-refractivity contribution in [3.05, 3.63) is 80.7 Å². The summed E-state index contributed by atoms with van der Waals surface area (Å²) in [5.41, 5.74) is 1.76. The maximum absolute atomic E-state index is 14.0. The number of aliphatic hydroxyl groups excluding tert-OH is 1. The molecule has 0 spiro atoms. The number of nitrogens with one attached hydrogen (secondary N) is 1. The number of halogens is 2. The standard InChI is InChI=1S/C25H26FIN2O5/c1-33-23-8-6-17(11-21(23)26)13-28-25(31)20-12-18(7-9-22(20)34-15-16-4-5-16)24(29-32)19(14-30)3-2-10-27/h2-3,6-12,16,30,32H,4-5,13-15H2,1H3,(H,28,31)/b10-2-,19-3-,29-24+. The lowest BCUT2D eigenvalue weighted by molar-refractivity contribution is 0.0946. The zero-order valence-electron chi connectivity index (χ0n) is 18.6. The summed E-state index contributed by atoms with van der Waals surface area (Å²) in [5.74, 6) is 0.0594. The molecule has 0 bridgehead atoms. The molecule has 7 nitrogen and oxygen atoms in total. The number of methoxy groups -OCH3 is 1. The number of rotatable bonds is 11. The van der Waals surface area contributed by atoms with Crippen molar-refractivity contribution in [1.82, 2.24) is 5.32 Å². The topological polar surface area (TPSA) is 100 Å². The second kappa shape index (κ2) is 12.5. The highest BCUT2D eigenvalue weighted by atomic mass is 127. The van der Waals surface area contributed by atoms with Crippen LogP contribution in [-0.2, 0) is 6.54 Å². The van der Waals surface area contributed by atoms with Crippen LogP contribution in [-0.4, -0.2) is 42.3 Å². The number of allylic oxidation sites excluding steroid dienone is 2. The molecule has 3 N–H and O–H groups in total. The number of hydrogen-bond acceptors (Lipinski definition) is 6. The Morgan fingerprint density at radius 3 is 2.65 bits per heavy atom. The molecule has 0 atom stereocenters. The number of ether oxygens (including phenoxy) is 2. The number of oxime groups is 1. The quantitative estimate of drug-likeness (QED) is 0.119. The first kappa shape index (κ1) is 25.7. The minimum Gasteiger partial charge on any atom is -0.494 e. The first-order chi connectivity index (χ1) is 16.5. The molecule has 0 radical (unpaired) electrons. The van der Waals surface area contributed by atoms with E-state index >= 15 is 0 Å². The van der Waals surface area contributed by atoms with Gasteiger partial charge in [0.15, 0.2) is 11.6 Å². The molecule has 0 saturated heterocycles. The van der Waals surface area contributed by atoms with Gasteiger partial charge in [0.25, 0.3) is 5.91 Å². The van der Waals surface area contributed by atoms with E-state index in [1.807, 2.05) is 22.6 Å². The maximum atomic E-state index is 14.0. The lowest BCUT2D eigenvalue weighted by Gasteiger charge is -2.15. The van der Waals surface area contributed by atoms with Crippen LogP contribution in [0.15, 0.2) is 63.4 Å². The lowest BCUT2D eigenvalue weighted by atomic mass is 9.99. The third-order valence-electron chi connectivity index (χ3n) is 5.28. The van der Waals surface area contributed by atoms with Crippen molar-refractivity contribution in [1.29, 1.82) is 0 Å². The Balaban J connectivity index is 1.87. The van der Waals surface area contributed by atoms with Gasteiger partial charge in [-0.05, 0) is 58.7 Å². The number of amides is 1. The highest BCUT2D eigenvalue weighted by molar-refractivity contribution is 14.1. The number of benzene rings is 2. The van der Waals surface area contributed by atoms with Crippen molar-refractivity contribution in [2.45, 2.75) is 19.4 Å². The van der Waals surface area contributed by atoms with E-state index in [9.17, 15) is 19.5 Å². The molecule has 2 aromatic carbocycles. The predicted molar refractivity (Wildman–Crippen MR) is 135 cm³/mol. The summed E-state index contributed by atoms with van der Waals surface area (Å²) >= 11 is 2.04. The number of nitrogens with zero attached hydrogens (tertiary/aromatic N) is 1. The Hall–Kier alpha value is -2.92. The van der Waals surface area contributed by atoms with E-state index in [1.165, 1.54) is 19.2 Å². The highest BCUT2D eigenvalue weighted by Gasteiger charge is 2.24. The van der Waals surface area contributed by atoms with E-state index in [0.717, 1.165) is 12.8 Å². The fourth-order valence-electron chi connectivity index (χ4n) is 3.24. The van der Waals surface area contributed by atoms with Crippen molar-refractivity contribution >= 4 is 34.2 Å². The molecular formula is C25H26FIN2O5. The van der Waals surface area contributed by atoms with Gasteiger partial charge in [0.05, 0.1) is 25.9 Å². The van der Waals surface area contributed by atoms with Gasteiger partial charge in [-0.15, -0.1) is 0 Å². The van der Waals surface area contributed by atoms with E-state index < -0.39 is 11.7 Å². The molecule has 1 aliphatic carbocycles. The Morgan fingerprint density at radius 1 is 1.26 bits per heavy atom. The molecule has 1 saturated carbocycles. The number of carbonyl (C=O) groups excluding carboxylic acids is 1. The highest BCUT2D eigenvalue weighted by Crippen LogP contribution is 2.31. The fraction of sp³-hybridized carbons (Fsp3) is 0.280. The van der Waals surface area contributed by atoms with Gasteiger partial charge in [0, 0.05) is 17.7 Å². The molecule has 0 unspecified atom stereocenters. The average molecular weight is 580 g/mol. The summed E-state index contributed by atoms with van der Waals surface area (Å²) in [6, 6.07) is 9.34. The van der Waals surface area contributed by atoms with Crippen molar-refractivity contribution in [2.75, 3.05) is 20.3 Å². The van der Waals surface area contributed by atoms with Gasteiger partial charge in [-0.3, -0.25) is 4.79 Å². The molecular weight excluding hydrogens is 554 g/mol. The van der Waals surface area contributed by atoms with Gasteiger partial charge in [-0.2, -0.15) is 0 Å². The number of hydrogen-bond donors (Lipinski definition) is 3. The second-order valence-electron chi connectivity index (χ2n) is 7.73. The molecule has 9 heteroatoms. The summed E-state index contributed by atoms with van der Waals surface area (Å²) in [4.78, 5) is 13.1. The zero-order chi connectivity index (χ0) is 24.5. The minimum absolute atomic E-state index is 0.0925. The van der Waals surface area contributed by atoms with Crippen molar-refractivity contribution in [3.8, 4) is 11.5 Å². The Labute approximate surface area is 211 Å². The molecule has 34 heavy (non-hydrogen) atoms. The van der Waals surface area contributed by atoms with Crippen LogP contribution in [0.1, 0.15) is 34.3 Å². The van der Waals surface area contributed by atoms with Crippen LogP contribution in [0, 0.1) is 11.7 Å². The largest absolute Gasteiger partial charge is 0.494 e. The van der Waals surface area contributed by atoms with Crippen LogP contribution < -0.4 is 14.8 Å². The van der Waals surface area contributed by atoms with Gasteiger partial charge in [-0.25, -0.2) is 4.39 Å². The lowest BCUT2D eigenvalue weighted by Crippen LogP contribution is -2.24. The first-order valence-corrected chi connectivity index (χ1v) is 11.9. The van der Waals surface area contributed by atoms with Crippen LogP contribution in [0.25, 0.3) is 0 Å². The first-order valence-electron chi connectivity index (χ1n) is 10.7. The molecule has 3 rings (SSSR count). The van der Waals surface area contributed by atoms with Gasteiger partial charge in [0.2, 0.25) is 0 Å². The Bertz CT molecular complexity index is 1110. The third-order valence-corrected chi connectivity index (χ3v) is 5.70. The molecule has 0 heterocycles. The van der Waals surface area contributed by atoms with Gasteiger partial charge in [0.1, 0.15) is 11.5 Å². The van der Waals surface area contributed by atoms with Crippen LogP contribution in [0.3, 0.4) is 0 Å². The van der Waals surface area contributed by atoms with Gasteiger partial charge < -0.3 is 25.1 Å². The second-order valence-corrected chi connectivity index (χ2v) is 8.45. The van der Waals surface area contributed by atoms with E-state index in [-0.39, 0.29) is 30.2 Å². The normalized spacial score (nSPS) is 14.4. The molecule has 1 aliphatic rings. The van der Waals surface area contributed by atoms with Crippen LogP contribution in [0.4, 0.5) is 4.39 Å². The summed E-state index contributed by atoms with van der Waals surface area (Å²) < 4.78 is 26.6. The molecule has 0 aliphatic heterocycles. The molecule has 180 valence electrons. The predicted octanol–water partition coefficient (Wildman–Crippen LogP) is 4.60. The molecule has 1 amide bonds. The average Bonchev–Trinajstić information content (AvgIpc) is 3.68. The number of carbonyl (C=O) groups is 1. The van der Waals surface area contributed by atoms with Crippen LogP contribution >= 0.6 is 22.6 Å². The Kier molecular flexibility index (Phi) is 9.46. The van der Waals surface area contributed by atoms with E-state index in [4.69, 9.17) is 9.47 Å². The van der Waals surface area contributed by atoms with Crippen LogP contribution in [0.5, 0.6) is 11.5 Å². The molecule has 1 fully saturated rings. The monoisotopic (exact) mass is 580 g/mol. The number of aliphatic hydroxyl groups is 1. The van der Waals surface area contributed by atoms with Gasteiger partial charge >= 0.3 is 0 Å². The SMILES string of the molecule is COc1ccc(CNC(=O)c2cc(C(=N\O)/C(=C\C=C/I)CO)ccc2OCC2CC2)cc1F. The molecule has 0 aromatic heterocycles. The van der Waals surface area contributed by atoms with Crippen LogP contribution in [0.2, 0.25) is 0 Å². The maximum Gasteiger partial charge on any atom is 0.255 e. The minimum atomic E-state index is -0.516. The van der Waals surface area contributed by atoms with Gasteiger partial charge in [-0.1, -0.05) is 46.0 Å². The summed E-state index contributed by atoms with van der Waals surface area (Å²) in [6.45, 7) is 0.243. The Morgan fingerprint density at radius 2 is 2.03 bits per heavy atom. The third kappa shape index (κ3) is 6.80. The van der Waals surface area contributed by atoms with Crippen molar-refractivity contribution < 1.29 is 29.0 Å². The van der Waals surface area contributed by atoms with Crippen molar-refractivity contribution in [2.24, 2.45) is 11.1 Å². The smallest absolute Gasteiger partial charge is 0.255 e. The van der Waals surface area contributed by atoms with E-state index in [1.54, 1.807) is 40.5 Å². The summed E-state index contributed by atoms with van der Waals surface area (Å²) in [7, 11) is 1.38. The summed E-state index contributed by atoms with van der Waals surface area (Å²) in [5, 5.41) is 25.5. The van der Waals surface area contributed by atoms with E-state index in [0.29, 0.717) is 35.0 Å². The van der Waals surface area contributed by atoms with Crippen molar-refractivity contribution in [3.63, 3.8) is 0 Å². The van der Waals surface area contributed by atoms with E-state index in [2.05, 4.69) is 10.5 Å². The fourth-order valence-corrected chi connectivity index (χ4v) is 3.44. The molecule has 2 aromatic rings. The summed E-state index contributed by atoms with van der Waals surface area (Å²) in [6.07, 6.45) is 5.51. The zero-order valence-corrected chi connectivity index (χ0v) is 20.8.